The molecule has 4 heteroatoms. The van der Waals surface area contributed by atoms with Gasteiger partial charge in [0.2, 0.25) is 0 Å². The van der Waals surface area contributed by atoms with E-state index in [9.17, 15) is 4.79 Å². The molecule has 29 heavy (non-hydrogen) atoms. The number of hydrogen-bond acceptors (Lipinski definition) is 4. The van der Waals surface area contributed by atoms with Crippen molar-refractivity contribution < 1.29 is 14.3 Å². The normalized spacial score (nSPS) is 15.3. The Morgan fingerprint density at radius 3 is 2.21 bits per heavy atom. The number of nitrogens with zero attached hydrogens (tertiary/aromatic N) is 1. The minimum Gasteiger partial charge on any atom is -0.464 e. The fourth-order valence-electron chi connectivity index (χ4n) is 3.41. The number of hydrogen-bond donors (Lipinski definition) is 0. The zero-order valence-corrected chi connectivity index (χ0v) is 18.0. The second kappa shape index (κ2) is 11.5. The largest absolute Gasteiger partial charge is 0.464 e. The van der Waals surface area contributed by atoms with Gasteiger partial charge in [-0.2, -0.15) is 0 Å². The third-order valence-corrected chi connectivity index (χ3v) is 5.43. The van der Waals surface area contributed by atoms with Crippen LogP contribution in [0.2, 0.25) is 0 Å². The lowest BCUT2D eigenvalue weighted by Crippen LogP contribution is -2.49. The molecule has 0 bridgehead atoms. The smallest absolute Gasteiger partial charge is 0.302 e. The first-order chi connectivity index (χ1) is 13.9. The highest BCUT2D eigenvalue weighted by atomic mass is 16.5. The summed E-state index contributed by atoms with van der Waals surface area (Å²) in [6.45, 7) is 10.4. The Bertz CT molecular complexity index is 747. The first kappa shape index (κ1) is 22.9. The van der Waals surface area contributed by atoms with Gasteiger partial charge >= 0.3 is 5.97 Å². The van der Waals surface area contributed by atoms with E-state index in [0.29, 0.717) is 6.61 Å². The summed E-state index contributed by atoms with van der Waals surface area (Å²) in [5, 5.41) is 0. The molecule has 2 aromatic carbocycles. The molecule has 0 radical (unpaired) electrons. The molecule has 156 valence electrons. The Morgan fingerprint density at radius 1 is 1.07 bits per heavy atom. The van der Waals surface area contributed by atoms with E-state index >= 15 is 0 Å². The summed E-state index contributed by atoms with van der Waals surface area (Å²) in [7, 11) is 2.06. The van der Waals surface area contributed by atoms with Crippen molar-refractivity contribution in [3.8, 4) is 0 Å². The fourth-order valence-corrected chi connectivity index (χ4v) is 3.41. The molecule has 0 fully saturated rings. The van der Waals surface area contributed by atoms with Crippen LogP contribution in [0.25, 0.3) is 0 Å². The first-order valence-corrected chi connectivity index (χ1v) is 10.1. The molecule has 0 N–H and O–H groups in total. The van der Waals surface area contributed by atoms with Crippen LogP contribution < -0.4 is 0 Å². The van der Waals surface area contributed by atoms with Crippen molar-refractivity contribution in [1.29, 1.82) is 0 Å². The van der Waals surface area contributed by atoms with E-state index in [4.69, 9.17) is 9.47 Å². The SMILES string of the molecule is C=C[C@@H](C)[C@@H](OCc1ccccc1)[C@@H](COC(C)=O)N(C)[C@H](C)c1ccccc1. The molecule has 0 unspecified atom stereocenters. The van der Waals surface area contributed by atoms with Crippen molar-refractivity contribution in [2.45, 2.75) is 45.6 Å². The van der Waals surface area contributed by atoms with Crippen LogP contribution in [0.15, 0.2) is 73.3 Å². The number of esters is 1. The number of carbonyl (C=O) groups is 1. The maximum Gasteiger partial charge on any atom is 0.302 e. The van der Waals surface area contributed by atoms with Crippen LogP contribution in [0.3, 0.4) is 0 Å². The topological polar surface area (TPSA) is 38.8 Å². The highest BCUT2D eigenvalue weighted by molar-refractivity contribution is 5.65. The van der Waals surface area contributed by atoms with Crippen LogP contribution >= 0.6 is 0 Å². The van der Waals surface area contributed by atoms with Crippen molar-refractivity contribution in [2.24, 2.45) is 5.92 Å². The number of benzene rings is 2. The summed E-state index contributed by atoms with van der Waals surface area (Å²) >= 11 is 0. The summed E-state index contributed by atoms with van der Waals surface area (Å²) in [6.07, 6.45) is 1.72. The minimum absolute atomic E-state index is 0.0877. The lowest BCUT2D eigenvalue weighted by atomic mass is 9.95. The predicted octanol–water partition coefficient (Wildman–Crippen LogP) is 5.02. The fraction of sp³-hybridized carbons (Fsp3) is 0.400. The van der Waals surface area contributed by atoms with E-state index in [-0.39, 0.29) is 36.7 Å². The first-order valence-electron chi connectivity index (χ1n) is 10.1. The van der Waals surface area contributed by atoms with Crippen molar-refractivity contribution in [3.63, 3.8) is 0 Å². The van der Waals surface area contributed by atoms with Crippen LogP contribution in [0.1, 0.15) is 37.9 Å². The van der Waals surface area contributed by atoms with Gasteiger partial charge in [-0.3, -0.25) is 9.69 Å². The summed E-state index contributed by atoms with van der Waals surface area (Å²) in [6, 6.07) is 20.4. The third-order valence-electron chi connectivity index (χ3n) is 5.43. The van der Waals surface area contributed by atoms with Crippen LogP contribution in [0.4, 0.5) is 0 Å². The second-order valence-electron chi connectivity index (χ2n) is 7.48. The van der Waals surface area contributed by atoms with Crippen LogP contribution in [0.5, 0.6) is 0 Å². The number of ether oxygens (including phenoxy) is 2. The molecule has 0 aliphatic rings. The van der Waals surface area contributed by atoms with Crippen molar-refractivity contribution in [1.82, 2.24) is 4.90 Å². The van der Waals surface area contributed by atoms with Crippen LogP contribution in [0, 0.1) is 5.92 Å². The molecule has 4 nitrogen and oxygen atoms in total. The van der Waals surface area contributed by atoms with Gasteiger partial charge in [-0.15, -0.1) is 6.58 Å². The molecule has 0 heterocycles. The summed E-state index contributed by atoms with van der Waals surface area (Å²) in [5.41, 5.74) is 2.31. The molecule has 0 amide bonds. The van der Waals surface area contributed by atoms with Crippen LogP contribution in [-0.4, -0.2) is 36.7 Å². The number of carbonyl (C=O) groups excluding carboxylic acids is 1. The quantitative estimate of drug-likeness (QED) is 0.396. The Hall–Kier alpha value is -2.43. The predicted molar refractivity (Wildman–Crippen MR) is 117 cm³/mol. The van der Waals surface area contributed by atoms with Gasteiger partial charge in [0.05, 0.1) is 18.8 Å². The van der Waals surface area contributed by atoms with E-state index in [1.165, 1.54) is 12.5 Å². The van der Waals surface area contributed by atoms with Gasteiger partial charge < -0.3 is 9.47 Å². The summed E-state index contributed by atoms with van der Waals surface area (Å²) < 4.78 is 11.8. The van der Waals surface area contributed by atoms with E-state index in [2.05, 4.69) is 44.5 Å². The zero-order valence-electron chi connectivity index (χ0n) is 18.0. The van der Waals surface area contributed by atoms with Gasteiger partial charge in [0.15, 0.2) is 0 Å². The molecule has 2 aromatic rings. The zero-order chi connectivity index (χ0) is 21.2. The number of rotatable bonds is 11. The van der Waals surface area contributed by atoms with Gasteiger partial charge in [-0.05, 0) is 25.1 Å². The Balaban J connectivity index is 2.25. The van der Waals surface area contributed by atoms with Gasteiger partial charge in [-0.1, -0.05) is 73.7 Å². The molecule has 0 saturated heterocycles. The molecule has 0 aliphatic heterocycles. The second-order valence-corrected chi connectivity index (χ2v) is 7.48. The van der Waals surface area contributed by atoms with E-state index in [1.54, 1.807) is 0 Å². The van der Waals surface area contributed by atoms with Crippen LogP contribution in [-0.2, 0) is 20.9 Å². The van der Waals surface area contributed by atoms with Gasteiger partial charge in [0.1, 0.15) is 6.61 Å². The van der Waals surface area contributed by atoms with Crippen molar-refractivity contribution >= 4 is 5.97 Å². The van der Waals surface area contributed by atoms with Gasteiger partial charge in [0.25, 0.3) is 0 Å². The third kappa shape index (κ3) is 6.84. The maximum absolute atomic E-state index is 11.6. The van der Waals surface area contributed by atoms with E-state index in [0.717, 1.165) is 5.56 Å². The standard InChI is InChI=1S/C25H33NO3/c1-6-19(2)25(29-17-22-13-9-7-10-14-22)24(18-28-21(4)27)26(5)20(3)23-15-11-8-12-16-23/h6-16,19-20,24-25H,1,17-18H2,2-5H3/t19-,20-,24-,25-/m1/s1. The Morgan fingerprint density at radius 2 is 1.66 bits per heavy atom. The van der Waals surface area contributed by atoms with E-state index in [1.807, 2.05) is 54.6 Å². The monoisotopic (exact) mass is 395 g/mol. The van der Waals surface area contributed by atoms with E-state index < -0.39 is 0 Å². The molecule has 0 aliphatic carbocycles. The van der Waals surface area contributed by atoms with Gasteiger partial charge in [-0.25, -0.2) is 0 Å². The highest BCUT2D eigenvalue weighted by Crippen LogP contribution is 2.27. The molecule has 4 atom stereocenters. The van der Waals surface area contributed by atoms with Crippen molar-refractivity contribution in [3.05, 3.63) is 84.4 Å². The average Bonchev–Trinajstić information content (AvgIpc) is 2.75. The molecular weight excluding hydrogens is 362 g/mol. The summed E-state index contributed by atoms with van der Waals surface area (Å²) in [5.74, 6) is -0.200. The lowest BCUT2D eigenvalue weighted by molar-refractivity contribution is -0.146. The lowest BCUT2D eigenvalue weighted by Gasteiger charge is -2.39. The Labute approximate surface area is 175 Å². The Kier molecular flexibility index (Phi) is 9.10. The summed E-state index contributed by atoms with van der Waals surface area (Å²) in [4.78, 5) is 13.8. The molecule has 2 rings (SSSR count). The van der Waals surface area contributed by atoms with Crippen molar-refractivity contribution in [2.75, 3.05) is 13.7 Å². The minimum atomic E-state index is -0.288. The molecule has 0 aromatic heterocycles. The molecular formula is C25H33NO3. The molecule has 0 saturated carbocycles. The average molecular weight is 396 g/mol. The molecule has 0 spiro atoms. The number of likely N-dealkylation sites (N-methyl/N-ethyl adjacent to an activating group) is 1. The van der Waals surface area contributed by atoms with Gasteiger partial charge in [0, 0.05) is 18.9 Å². The maximum atomic E-state index is 11.6. The highest BCUT2D eigenvalue weighted by Gasteiger charge is 2.33.